The van der Waals surface area contributed by atoms with E-state index >= 15 is 0 Å². The van der Waals surface area contributed by atoms with Crippen molar-refractivity contribution in [3.63, 3.8) is 0 Å². The van der Waals surface area contributed by atoms with Crippen LogP contribution in [0.25, 0.3) is 55.2 Å². The van der Waals surface area contributed by atoms with Crippen LogP contribution < -0.4 is 82.8 Å². The number of thiophene rings is 3. The van der Waals surface area contributed by atoms with Gasteiger partial charge in [-0.05, 0) is 216 Å². The number of esters is 1. The number of rotatable bonds is 25. The van der Waals surface area contributed by atoms with E-state index in [0.29, 0.717) is 56.5 Å². The fourth-order valence-corrected chi connectivity index (χ4v) is 21.3. The van der Waals surface area contributed by atoms with Crippen LogP contribution in [0.1, 0.15) is 107 Å². The molecule has 2 radical (unpaired) electrons. The van der Waals surface area contributed by atoms with Crippen molar-refractivity contribution in [2.45, 2.75) is 128 Å². The molecule has 32 heteroatoms. The van der Waals surface area contributed by atoms with Crippen molar-refractivity contribution in [2.24, 2.45) is 17.2 Å². The molecule has 1 aliphatic rings. The van der Waals surface area contributed by atoms with E-state index in [-0.39, 0.29) is 205 Å². The number of aliphatic hydroxyl groups is 1. The number of nitrogens with two attached hydrogens (primary N) is 3. The van der Waals surface area contributed by atoms with Gasteiger partial charge in [0, 0.05) is 191 Å². The number of carboxylic acids is 1. The molecule has 1 fully saturated rings. The Hall–Kier alpha value is -6.65. The molecule has 720 valence electrons. The first kappa shape index (κ1) is 127. The Morgan fingerprint density at radius 1 is 0.475 bits per heavy atom. The summed E-state index contributed by atoms with van der Waals surface area (Å²) in [6.07, 6.45) is 5.13. The van der Waals surface area contributed by atoms with Crippen LogP contribution in [0, 0.1) is 0 Å². The average Bonchev–Trinajstić information content (AvgIpc) is 1.59. The summed E-state index contributed by atoms with van der Waals surface area (Å²) in [6.45, 7) is 12.5. The van der Waals surface area contributed by atoms with Crippen molar-refractivity contribution in [3.05, 3.63) is 385 Å². The molecule has 19 nitrogen and oxygen atoms in total. The van der Waals surface area contributed by atoms with Crippen molar-refractivity contribution >= 4 is 283 Å². The normalized spacial score (nSPS) is 11.3. The van der Waals surface area contributed by atoms with Gasteiger partial charge in [-0.25, -0.2) is 5.26 Å². The smallest absolute Gasteiger partial charge is 0.870 e. The van der Waals surface area contributed by atoms with E-state index in [4.69, 9.17) is 88.2 Å². The van der Waals surface area contributed by atoms with Gasteiger partial charge in [-0.1, -0.05) is 254 Å². The Balaban J connectivity index is 0.000000428. The number of hydrogen-bond acceptors (Lipinski definition) is 21. The average molecular weight is 2210 g/mol. The van der Waals surface area contributed by atoms with E-state index in [1.807, 2.05) is 118 Å². The van der Waals surface area contributed by atoms with Crippen LogP contribution >= 0.6 is 84.8 Å². The van der Waals surface area contributed by atoms with Crippen LogP contribution in [0.5, 0.6) is 11.5 Å². The zero-order chi connectivity index (χ0) is 92.9. The zero-order valence-electron chi connectivity index (χ0n) is 75.8. The first-order valence-corrected chi connectivity index (χ1v) is 51.5. The first-order valence-electron chi connectivity index (χ1n) is 41.4. The second kappa shape index (κ2) is 66.4. The number of carboxylic acid groups (broad SMARTS) is 1. The molecule has 10 N–H and O–H groups in total. The van der Waals surface area contributed by atoms with Crippen molar-refractivity contribution in [1.82, 2.24) is 0 Å². The standard InChI is InChI=1S/C24H23NO4S.C22H19NO4S.2C18H15P.C15H19BO4.C5H6BrNS.CH2O3.4CH4.2ClH.2K.Li.H2O.Pd/c1-2-27-23(26)12-17-5-3-4-6-22(17)29-14-16-9-18-7-8-28-24(18)21(10-16)19-11-20(13-25)30-15-19;23-11-18-9-17(13-28-18)19-8-14(7-16-5-6-26-22(16)19)12-27-20-4-2-1-3-15(20)10-21(24)25;2*1-4-10-16(11-5-1)19(17-12-6-2-7-13-17)18-14-8-3-9-15-18;1-14(2)15(3,4)20-16(19-14)12-8-10(9-17)7-11-5-6-18-13(11)12;6-4-1-5(2-7)8-3-4;2-1-4-3;;;;;;;;;;;/h3-11,15H,2,12-14,25H2,1H3;1-9,13H,10-12,23H2,(H,24,25);2*1-15H;5-8,17H,9H2,1-4H3;1,3H,2,7H2;1,3H;4*1H4;2*1H;;;;1H2;/q;;;;;;;;;;;;;;;+1;;+2/p-3. The summed E-state index contributed by atoms with van der Waals surface area (Å²) in [5.41, 5.74) is 27.8. The fraction of sp³-hybridized carbons (Fsp3) is 0.187. The Bertz CT molecular complexity index is 6070. The Kier molecular flexibility index (Phi) is 60.4. The molecule has 0 atom stereocenters. The number of hydrogen-bond donors (Lipinski definition) is 6. The van der Waals surface area contributed by atoms with Gasteiger partial charge in [-0.15, -0.1) is 34.0 Å². The maximum atomic E-state index is 11.9. The minimum Gasteiger partial charge on any atom is -0.870 e. The number of aliphatic hydroxyl groups excluding tert-OH is 1. The van der Waals surface area contributed by atoms with Crippen LogP contribution in [0.2, 0.25) is 0 Å². The number of aliphatic carboxylic acids is 1. The summed E-state index contributed by atoms with van der Waals surface area (Å²) >= 11 is 8.17. The molecule has 1 saturated heterocycles. The molecule has 0 saturated carbocycles. The Labute approximate surface area is 953 Å². The second-order valence-corrected chi connectivity index (χ2v) is 40.7. The van der Waals surface area contributed by atoms with Gasteiger partial charge in [0.05, 0.1) is 56.0 Å². The summed E-state index contributed by atoms with van der Waals surface area (Å²) < 4.78 is 47.3. The molecule has 17 aromatic rings. The molecule has 18 rings (SSSR count). The van der Waals surface area contributed by atoms with Gasteiger partial charge in [0.25, 0.3) is 0 Å². The predicted molar refractivity (Wildman–Crippen MR) is 578 cm³/mol. The molecule has 0 spiro atoms. The zero-order valence-corrected chi connectivity index (χ0v) is 91.0. The Morgan fingerprint density at radius 3 is 1.10 bits per heavy atom. The van der Waals surface area contributed by atoms with Gasteiger partial charge in [-0.3, -0.25) is 14.4 Å². The molecular formula is C107H116BBrCl2K2LiN3O16P2PdS3. The van der Waals surface area contributed by atoms with Crippen molar-refractivity contribution in [2.75, 3.05) is 6.61 Å². The van der Waals surface area contributed by atoms with E-state index in [1.54, 1.807) is 71.9 Å². The van der Waals surface area contributed by atoms with Crippen LogP contribution in [0.3, 0.4) is 0 Å². The summed E-state index contributed by atoms with van der Waals surface area (Å²) in [5.74, 6) is 0.121. The van der Waals surface area contributed by atoms with E-state index in [9.17, 15) is 14.7 Å². The van der Waals surface area contributed by atoms with Gasteiger partial charge in [0.1, 0.15) is 41.5 Å². The topological polar surface area (TPSA) is 315 Å². The Morgan fingerprint density at radius 2 is 0.791 bits per heavy atom. The number of ether oxygens (including phenoxy) is 3. The number of fused-ring (bicyclic) bond motifs is 3. The minimum atomic E-state index is -0.883. The number of carbonyl (C=O) groups is 3. The van der Waals surface area contributed by atoms with Crippen LogP contribution in [-0.2, 0) is 102 Å². The number of halogens is 3. The minimum absolute atomic E-state index is 0. The molecular weight excluding hydrogens is 2090 g/mol. The third kappa shape index (κ3) is 37.7. The molecule has 0 amide bonds. The number of para-hydroxylation sites is 2. The van der Waals surface area contributed by atoms with Crippen molar-refractivity contribution in [3.8, 4) is 33.8 Å². The number of carbonyl (C=O) groups excluding carboxylic acids is 2. The van der Waals surface area contributed by atoms with Gasteiger partial charge >= 0.3 is 79.4 Å². The molecule has 1 aliphatic heterocycles. The predicted octanol–water partition coefficient (Wildman–Crippen LogP) is 20.8. The largest absolute Gasteiger partial charge is 1.00 e. The van der Waals surface area contributed by atoms with Crippen LogP contribution in [-0.4, -0.2) is 167 Å². The fourth-order valence-electron chi connectivity index (χ4n) is 13.8. The van der Waals surface area contributed by atoms with Gasteiger partial charge in [0.2, 0.25) is 0 Å². The molecule has 6 aromatic heterocycles. The number of furan rings is 3. The van der Waals surface area contributed by atoms with Crippen LogP contribution in [0.15, 0.2) is 356 Å². The molecule has 0 bridgehead atoms. The van der Waals surface area contributed by atoms with E-state index in [1.165, 1.54) is 36.7 Å². The summed E-state index contributed by atoms with van der Waals surface area (Å²) in [4.78, 5) is 38.0. The monoisotopic (exact) mass is 2210 g/mol. The third-order valence-corrected chi connectivity index (χ3v) is 29.1. The summed E-state index contributed by atoms with van der Waals surface area (Å²) in [7, 11) is 8.25. The van der Waals surface area contributed by atoms with Gasteiger partial charge < -0.3 is 74.5 Å². The van der Waals surface area contributed by atoms with Crippen molar-refractivity contribution < 1.29 is 112 Å². The third-order valence-electron chi connectivity index (χ3n) is 20.6. The van der Waals surface area contributed by atoms with Gasteiger partial charge in [-0.2, -0.15) is 0 Å². The first-order chi connectivity index (χ1) is 63.7. The van der Waals surface area contributed by atoms with E-state index in [2.05, 4.69) is 238 Å². The second-order valence-electron chi connectivity index (χ2n) is 30.0. The summed E-state index contributed by atoms with van der Waals surface area (Å²) in [5, 5.41) is 43.0. The quantitative estimate of drug-likeness (QED) is 0.00773. The molecule has 11 aromatic carbocycles. The molecule has 7 heterocycles. The van der Waals surface area contributed by atoms with E-state index in [0.717, 1.165) is 97.1 Å². The molecule has 0 aliphatic carbocycles. The maximum absolute atomic E-state index is 11.9. The maximum Gasteiger partial charge on any atom is 1.00 e. The molecule has 139 heavy (non-hydrogen) atoms. The van der Waals surface area contributed by atoms with Crippen molar-refractivity contribution in [1.29, 1.82) is 0 Å². The number of benzene rings is 11. The van der Waals surface area contributed by atoms with Crippen LogP contribution in [0.4, 0.5) is 0 Å². The summed E-state index contributed by atoms with van der Waals surface area (Å²) in [6, 6.07) is 103. The molecule has 0 unspecified atom stereocenters. The van der Waals surface area contributed by atoms with E-state index < -0.39 is 40.1 Å². The SMILES string of the molecule is C.C.C.C.CC1(C)OB(c2cc(CO)cc3ccoc23)OC1(C)C.CCOC(=O)Cc1ccccc1OCc1cc(-c2csc(CN)c2)c2occc2c1.NCc1cc(-c2cc(COc3ccccc3CC(=O)O)cc3ccoc23)cs1.NCc1cc(Br)cs1.O=COO.[Cl][Pd][Cl].[K].[K].[Li+].[OH-].c1ccc(P(c2ccccc2)c2ccccc2)cc1.c1ccc(P(c2ccccc2)c2ccccc2)cc1. The van der Waals surface area contributed by atoms with Gasteiger partial charge in [0.15, 0.2) is 0 Å².